The fourth-order valence-corrected chi connectivity index (χ4v) is 1.83. The molecule has 0 unspecified atom stereocenters. The quantitative estimate of drug-likeness (QED) is 0.850. The van der Waals surface area contributed by atoms with Crippen molar-refractivity contribution in [1.29, 1.82) is 0 Å². The van der Waals surface area contributed by atoms with Crippen LogP contribution < -0.4 is 5.73 Å². The second kappa shape index (κ2) is 5.85. The van der Waals surface area contributed by atoms with Gasteiger partial charge in [-0.25, -0.2) is 0 Å². The third-order valence-corrected chi connectivity index (χ3v) is 2.76. The van der Waals surface area contributed by atoms with Crippen LogP contribution in [0.1, 0.15) is 24.1 Å². The summed E-state index contributed by atoms with van der Waals surface area (Å²) >= 11 is 0. The van der Waals surface area contributed by atoms with Crippen LogP contribution in [-0.2, 0) is 0 Å². The minimum Gasteiger partial charge on any atom is -0.324 e. The lowest BCUT2D eigenvalue weighted by atomic mass is 9.99. The largest absolute Gasteiger partial charge is 0.324 e. The lowest BCUT2D eigenvalue weighted by Crippen LogP contribution is -2.04. The summed E-state index contributed by atoms with van der Waals surface area (Å²) in [6.45, 7) is 4.12. The first kappa shape index (κ1) is 13.8. The Bertz CT molecular complexity index is 492. The fourth-order valence-electron chi connectivity index (χ4n) is 1.83. The first-order valence-electron chi connectivity index (χ1n) is 5.59. The van der Waals surface area contributed by atoms with E-state index in [2.05, 4.69) is 55.5 Å². The highest BCUT2D eigenvalue weighted by molar-refractivity contribution is 5.85. The Balaban J connectivity index is 0.00000144. The van der Waals surface area contributed by atoms with Gasteiger partial charge in [-0.2, -0.15) is 0 Å². The predicted molar refractivity (Wildman–Crippen MR) is 76.5 cm³/mol. The zero-order chi connectivity index (χ0) is 11.5. The van der Waals surface area contributed by atoms with E-state index in [-0.39, 0.29) is 18.4 Å². The molecule has 0 aromatic heterocycles. The molecule has 0 radical (unpaired) electrons. The maximum absolute atomic E-state index is 5.89. The Morgan fingerprint density at radius 1 is 0.941 bits per heavy atom. The van der Waals surface area contributed by atoms with E-state index in [1.54, 1.807) is 0 Å². The highest BCUT2D eigenvalue weighted by Crippen LogP contribution is 2.23. The molecule has 0 heterocycles. The number of hydrogen-bond acceptors (Lipinski definition) is 1. The first-order valence-corrected chi connectivity index (χ1v) is 5.59. The summed E-state index contributed by atoms with van der Waals surface area (Å²) in [6, 6.07) is 17.0. The molecule has 0 fully saturated rings. The number of halogens is 1. The molecule has 0 aliphatic carbocycles. The Morgan fingerprint density at radius 3 is 2.12 bits per heavy atom. The molecule has 17 heavy (non-hydrogen) atoms. The summed E-state index contributed by atoms with van der Waals surface area (Å²) in [5.74, 6) is 0. The summed E-state index contributed by atoms with van der Waals surface area (Å²) in [4.78, 5) is 0. The second-order valence-electron chi connectivity index (χ2n) is 4.28. The molecule has 0 amide bonds. The van der Waals surface area contributed by atoms with Gasteiger partial charge in [0.1, 0.15) is 0 Å². The van der Waals surface area contributed by atoms with Crippen molar-refractivity contribution in [3.05, 3.63) is 59.7 Å². The monoisotopic (exact) mass is 247 g/mol. The van der Waals surface area contributed by atoms with Crippen LogP contribution in [0.5, 0.6) is 0 Å². The van der Waals surface area contributed by atoms with Gasteiger partial charge in [-0.1, -0.05) is 48.0 Å². The fraction of sp³-hybridized carbons (Fsp3) is 0.200. The van der Waals surface area contributed by atoms with E-state index in [4.69, 9.17) is 5.73 Å². The highest BCUT2D eigenvalue weighted by atomic mass is 35.5. The first-order chi connectivity index (χ1) is 7.66. The lowest BCUT2D eigenvalue weighted by Gasteiger charge is -2.08. The van der Waals surface area contributed by atoms with Crippen molar-refractivity contribution in [1.82, 2.24) is 0 Å². The van der Waals surface area contributed by atoms with E-state index < -0.39 is 0 Å². The average molecular weight is 248 g/mol. The minimum atomic E-state index is 0. The van der Waals surface area contributed by atoms with E-state index in [1.165, 1.54) is 22.3 Å². The maximum atomic E-state index is 5.89. The molecule has 2 N–H and O–H groups in total. The summed E-state index contributed by atoms with van der Waals surface area (Å²) in [5, 5.41) is 0. The molecule has 90 valence electrons. The number of nitrogens with two attached hydrogens (primary N) is 1. The van der Waals surface area contributed by atoms with Crippen LogP contribution in [0.25, 0.3) is 11.1 Å². The summed E-state index contributed by atoms with van der Waals surface area (Å²) in [5.41, 5.74) is 10.8. The van der Waals surface area contributed by atoms with Gasteiger partial charge < -0.3 is 5.73 Å². The molecule has 0 saturated carbocycles. The standard InChI is InChI=1S/C15H17N.ClH/c1-11-5-3-7-14(9-11)15-8-4-6-13(10-15)12(2)16;/h3-10,12H,16H2,1-2H3;1H/t12-;/m1./s1. The molecule has 0 spiro atoms. The number of rotatable bonds is 2. The Kier molecular flexibility index (Phi) is 4.73. The maximum Gasteiger partial charge on any atom is 0.0266 e. The Morgan fingerprint density at radius 2 is 1.53 bits per heavy atom. The predicted octanol–water partition coefficient (Wildman–Crippen LogP) is 4.10. The second-order valence-corrected chi connectivity index (χ2v) is 4.28. The van der Waals surface area contributed by atoms with E-state index in [0.717, 1.165) is 0 Å². The van der Waals surface area contributed by atoms with Crippen molar-refractivity contribution in [2.75, 3.05) is 0 Å². The van der Waals surface area contributed by atoms with Crippen LogP contribution in [0.4, 0.5) is 0 Å². The van der Waals surface area contributed by atoms with Gasteiger partial charge >= 0.3 is 0 Å². The lowest BCUT2D eigenvalue weighted by molar-refractivity contribution is 0.819. The van der Waals surface area contributed by atoms with E-state index in [9.17, 15) is 0 Å². The summed E-state index contributed by atoms with van der Waals surface area (Å²) in [6.07, 6.45) is 0. The summed E-state index contributed by atoms with van der Waals surface area (Å²) in [7, 11) is 0. The molecule has 1 nitrogen and oxygen atoms in total. The van der Waals surface area contributed by atoms with Gasteiger partial charge in [0.25, 0.3) is 0 Å². The SMILES string of the molecule is Cc1cccc(-c2cccc([C@@H](C)N)c2)c1.Cl. The molecule has 0 aliphatic heterocycles. The van der Waals surface area contributed by atoms with Gasteiger partial charge in [0.15, 0.2) is 0 Å². The molecule has 2 aromatic rings. The molecule has 2 rings (SSSR count). The average Bonchev–Trinajstić information content (AvgIpc) is 2.29. The topological polar surface area (TPSA) is 26.0 Å². The molecule has 0 bridgehead atoms. The van der Waals surface area contributed by atoms with Crippen LogP contribution in [0.2, 0.25) is 0 Å². The Labute approximate surface area is 109 Å². The van der Waals surface area contributed by atoms with Gasteiger partial charge in [-0.05, 0) is 36.6 Å². The van der Waals surface area contributed by atoms with Crippen LogP contribution in [0.15, 0.2) is 48.5 Å². The van der Waals surface area contributed by atoms with Crippen LogP contribution in [-0.4, -0.2) is 0 Å². The van der Waals surface area contributed by atoms with Crippen molar-refractivity contribution in [2.24, 2.45) is 5.73 Å². The Hall–Kier alpha value is -1.31. The molecule has 2 aromatic carbocycles. The normalized spacial score (nSPS) is 11.7. The number of aryl methyl sites for hydroxylation is 1. The molecular formula is C15H18ClN. The molecule has 0 saturated heterocycles. The molecule has 1 atom stereocenters. The van der Waals surface area contributed by atoms with Gasteiger partial charge in [0.2, 0.25) is 0 Å². The molecular weight excluding hydrogens is 230 g/mol. The van der Waals surface area contributed by atoms with Crippen molar-refractivity contribution >= 4 is 12.4 Å². The highest BCUT2D eigenvalue weighted by Gasteiger charge is 2.02. The molecule has 2 heteroatoms. The molecule has 0 aliphatic rings. The number of benzene rings is 2. The third-order valence-electron chi connectivity index (χ3n) is 2.76. The summed E-state index contributed by atoms with van der Waals surface area (Å²) < 4.78 is 0. The van der Waals surface area contributed by atoms with Gasteiger partial charge in [-0.15, -0.1) is 12.4 Å². The van der Waals surface area contributed by atoms with E-state index in [0.29, 0.717) is 0 Å². The van der Waals surface area contributed by atoms with Gasteiger partial charge in [-0.3, -0.25) is 0 Å². The van der Waals surface area contributed by atoms with Crippen LogP contribution in [0.3, 0.4) is 0 Å². The zero-order valence-electron chi connectivity index (χ0n) is 10.2. The van der Waals surface area contributed by atoms with Crippen molar-refractivity contribution in [3.8, 4) is 11.1 Å². The minimum absolute atomic E-state index is 0. The zero-order valence-corrected chi connectivity index (χ0v) is 11.0. The van der Waals surface area contributed by atoms with Gasteiger partial charge in [0.05, 0.1) is 0 Å². The number of hydrogen-bond donors (Lipinski definition) is 1. The van der Waals surface area contributed by atoms with E-state index in [1.807, 2.05) is 6.92 Å². The van der Waals surface area contributed by atoms with Crippen molar-refractivity contribution < 1.29 is 0 Å². The van der Waals surface area contributed by atoms with Crippen LogP contribution >= 0.6 is 12.4 Å². The van der Waals surface area contributed by atoms with Crippen LogP contribution in [0, 0.1) is 6.92 Å². The van der Waals surface area contributed by atoms with Gasteiger partial charge in [0, 0.05) is 6.04 Å². The smallest absolute Gasteiger partial charge is 0.0266 e. The van der Waals surface area contributed by atoms with Crippen molar-refractivity contribution in [2.45, 2.75) is 19.9 Å². The third kappa shape index (κ3) is 3.32. The van der Waals surface area contributed by atoms with E-state index >= 15 is 0 Å². The van der Waals surface area contributed by atoms with Crippen molar-refractivity contribution in [3.63, 3.8) is 0 Å².